The van der Waals surface area contributed by atoms with Crippen LogP contribution in [0.2, 0.25) is 0 Å². The maximum atomic E-state index is 12.9. The molecule has 0 fully saturated rings. The number of hydrogen-bond acceptors (Lipinski definition) is 2. The highest BCUT2D eigenvalue weighted by Crippen LogP contribution is 2.37. The Labute approximate surface area is 168 Å². The number of carbonyl (C=O) groups is 2. The van der Waals surface area contributed by atoms with Gasteiger partial charge in [-0.15, -0.1) is 0 Å². The third-order valence-electron chi connectivity index (χ3n) is 4.08. The summed E-state index contributed by atoms with van der Waals surface area (Å²) in [5.74, 6) is -2.64. The molecular formula is C20H18F6N2O2. The fourth-order valence-corrected chi connectivity index (χ4v) is 2.54. The Balaban J connectivity index is 2.13. The molecule has 10 heteroatoms. The second-order valence-electron chi connectivity index (χ2n) is 6.50. The number of nitrogens with one attached hydrogen (secondary N) is 2. The van der Waals surface area contributed by atoms with Gasteiger partial charge in [-0.1, -0.05) is 25.5 Å². The third kappa shape index (κ3) is 6.50. The van der Waals surface area contributed by atoms with Crippen LogP contribution in [0.15, 0.2) is 42.5 Å². The predicted octanol–water partition coefficient (Wildman–Crippen LogP) is 5.64. The van der Waals surface area contributed by atoms with Gasteiger partial charge >= 0.3 is 24.2 Å². The summed E-state index contributed by atoms with van der Waals surface area (Å²) in [6.07, 6.45) is -7.32. The molecule has 0 aliphatic heterocycles. The number of amides is 2. The minimum absolute atomic E-state index is 0.0736. The number of aryl methyl sites for hydroxylation is 1. The van der Waals surface area contributed by atoms with Crippen molar-refractivity contribution in [1.29, 1.82) is 0 Å². The van der Waals surface area contributed by atoms with Crippen LogP contribution in [0.4, 0.5) is 37.7 Å². The van der Waals surface area contributed by atoms with Crippen molar-refractivity contribution in [2.45, 2.75) is 38.5 Å². The molecule has 2 N–H and O–H groups in total. The molecule has 0 unspecified atom stereocenters. The first-order valence-corrected chi connectivity index (χ1v) is 8.91. The molecule has 30 heavy (non-hydrogen) atoms. The van der Waals surface area contributed by atoms with E-state index in [0.717, 1.165) is 24.8 Å². The molecule has 0 heterocycles. The van der Waals surface area contributed by atoms with Crippen LogP contribution in [0.5, 0.6) is 0 Å². The molecule has 2 aromatic rings. The van der Waals surface area contributed by atoms with Gasteiger partial charge in [0.15, 0.2) is 0 Å². The summed E-state index contributed by atoms with van der Waals surface area (Å²) in [4.78, 5) is 23.9. The first kappa shape index (κ1) is 23.2. The number of alkyl halides is 6. The molecule has 0 spiro atoms. The average Bonchev–Trinajstić information content (AvgIpc) is 2.65. The Hall–Kier alpha value is -3.04. The molecule has 0 saturated carbocycles. The van der Waals surface area contributed by atoms with E-state index in [9.17, 15) is 35.9 Å². The highest BCUT2D eigenvalue weighted by atomic mass is 19.4. The summed E-state index contributed by atoms with van der Waals surface area (Å²) < 4.78 is 77.2. The summed E-state index contributed by atoms with van der Waals surface area (Å²) >= 11 is 0. The first-order valence-electron chi connectivity index (χ1n) is 8.91. The Bertz CT molecular complexity index is 873. The summed E-state index contributed by atoms with van der Waals surface area (Å²) in [5.41, 5.74) is -2.73. The van der Waals surface area contributed by atoms with Gasteiger partial charge in [0.25, 0.3) is 0 Å². The molecule has 0 aromatic heterocycles. The Morgan fingerprint density at radius 2 is 1.23 bits per heavy atom. The van der Waals surface area contributed by atoms with Crippen molar-refractivity contribution in [2.75, 3.05) is 10.6 Å². The molecule has 162 valence electrons. The number of rotatable bonds is 5. The van der Waals surface area contributed by atoms with E-state index in [-0.39, 0.29) is 11.8 Å². The van der Waals surface area contributed by atoms with Crippen LogP contribution in [0, 0.1) is 0 Å². The molecule has 0 aliphatic rings. The van der Waals surface area contributed by atoms with Crippen molar-refractivity contribution in [3.05, 3.63) is 59.2 Å². The molecule has 2 aromatic carbocycles. The topological polar surface area (TPSA) is 58.2 Å². The number of halogens is 6. The zero-order valence-corrected chi connectivity index (χ0v) is 15.7. The lowest BCUT2D eigenvalue weighted by Crippen LogP contribution is -2.29. The van der Waals surface area contributed by atoms with Gasteiger partial charge in [0.1, 0.15) is 0 Å². The van der Waals surface area contributed by atoms with Gasteiger partial charge in [-0.05, 0) is 48.7 Å². The van der Waals surface area contributed by atoms with Crippen LogP contribution in [0.25, 0.3) is 0 Å². The van der Waals surface area contributed by atoms with Gasteiger partial charge in [-0.2, -0.15) is 26.3 Å². The fraction of sp³-hybridized carbons (Fsp3) is 0.300. The maximum Gasteiger partial charge on any atom is 0.416 e. The van der Waals surface area contributed by atoms with Crippen LogP contribution in [0.3, 0.4) is 0 Å². The zero-order valence-electron chi connectivity index (χ0n) is 15.7. The Morgan fingerprint density at radius 3 is 1.67 bits per heavy atom. The Morgan fingerprint density at radius 1 is 0.767 bits per heavy atom. The molecule has 2 rings (SSSR count). The normalized spacial score (nSPS) is 11.8. The highest BCUT2D eigenvalue weighted by molar-refractivity contribution is 6.43. The van der Waals surface area contributed by atoms with Crippen molar-refractivity contribution < 1.29 is 35.9 Å². The first-order chi connectivity index (χ1) is 13.9. The molecule has 0 saturated heterocycles. The van der Waals surface area contributed by atoms with Crippen LogP contribution >= 0.6 is 0 Å². The third-order valence-corrected chi connectivity index (χ3v) is 4.08. The molecule has 0 aliphatic carbocycles. The molecule has 0 radical (unpaired) electrons. The lowest BCUT2D eigenvalue weighted by atomic mass is 10.1. The summed E-state index contributed by atoms with van der Waals surface area (Å²) in [6, 6.07) is 7.14. The Kier molecular flexibility index (Phi) is 7.12. The maximum absolute atomic E-state index is 12.9. The van der Waals surface area contributed by atoms with E-state index < -0.39 is 41.0 Å². The van der Waals surface area contributed by atoms with E-state index in [1.165, 1.54) is 0 Å². The van der Waals surface area contributed by atoms with Crippen LogP contribution in [-0.2, 0) is 28.4 Å². The second-order valence-corrected chi connectivity index (χ2v) is 6.50. The van der Waals surface area contributed by atoms with E-state index >= 15 is 0 Å². The van der Waals surface area contributed by atoms with Gasteiger partial charge in [0.2, 0.25) is 0 Å². The SMILES string of the molecule is CCCCc1ccc(NC(=O)C(=O)Nc2cc(C(F)(F)F)cc(C(F)(F)F)c2)cc1. The summed E-state index contributed by atoms with van der Waals surface area (Å²) in [5, 5.41) is 4.01. The molecular weight excluding hydrogens is 414 g/mol. The number of anilines is 2. The molecule has 2 amide bonds. The number of carbonyl (C=O) groups excluding carboxylic acids is 2. The predicted molar refractivity (Wildman–Crippen MR) is 98.8 cm³/mol. The fourth-order valence-electron chi connectivity index (χ4n) is 2.54. The largest absolute Gasteiger partial charge is 0.416 e. The quantitative estimate of drug-likeness (QED) is 0.474. The summed E-state index contributed by atoms with van der Waals surface area (Å²) in [6.45, 7) is 2.04. The van der Waals surface area contributed by atoms with Crippen LogP contribution in [-0.4, -0.2) is 11.8 Å². The molecule has 0 bridgehead atoms. The lowest BCUT2D eigenvalue weighted by Gasteiger charge is -2.14. The average molecular weight is 432 g/mol. The van der Waals surface area contributed by atoms with Gasteiger partial charge in [0.05, 0.1) is 11.1 Å². The van der Waals surface area contributed by atoms with Gasteiger partial charge < -0.3 is 10.6 Å². The van der Waals surface area contributed by atoms with Crippen molar-refractivity contribution in [2.24, 2.45) is 0 Å². The van der Waals surface area contributed by atoms with Crippen LogP contribution in [0.1, 0.15) is 36.5 Å². The smallest absolute Gasteiger partial charge is 0.318 e. The standard InChI is InChI=1S/C20H18F6N2O2/c1-2-3-4-12-5-7-15(8-6-12)27-17(29)18(30)28-16-10-13(19(21,22)23)9-14(11-16)20(24,25)26/h5-11H,2-4H2,1H3,(H,27,29)(H,28,30). The lowest BCUT2D eigenvalue weighted by molar-refractivity contribution is -0.143. The molecule has 0 atom stereocenters. The molecule has 4 nitrogen and oxygen atoms in total. The van der Waals surface area contributed by atoms with E-state index in [0.29, 0.717) is 12.1 Å². The van der Waals surface area contributed by atoms with Crippen molar-refractivity contribution in [1.82, 2.24) is 0 Å². The van der Waals surface area contributed by atoms with Crippen molar-refractivity contribution >= 4 is 23.2 Å². The minimum atomic E-state index is -5.07. The van der Waals surface area contributed by atoms with E-state index in [4.69, 9.17) is 0 Å². The van der Waals surface area contributed by atoms with Crippen molar-refractivity contribution in [3.63, 3.8) is 0 Å². The second kappa shape index (κ2) is 9.19. The zero-order chi connectivity index (χ0) is 22.5. The van der Waals surface area contributed by atoms with Gasteiger partial charge in [0, 0.05) is 11.4 Å². The van der Waals surface area contributed by atoms with Gasteiger partial charge in [-0.3, -0.25) is 9.59 Å². The monoisotopic (exact) mass is 432 g/mol. The number of unbranched alkanes of at least 4 members (excludes halogenated alkanes) is 1. The van der Waals surface area contributed by atoms with E-state index in [2.05, 4.69) is 5.32 Å². The number of hydrogen-bond donors (Lipinski definition) is 2. The van der Waals surface area contributed by atoms with Crippen molar-refractivity contribution in [3.8, 4) is 0 Å². The van der Waals surface area contributed by atoms with E-state index in [1.54, 1.807) is 29.6 Å². The minimum Gasteiger partial charge on any atom is -0.318 e. The summed E-state index contributed by atoms with van der Waals surface area (Å²) in [7, 11) is 0. The van der Waals surface area contributed by atoms with Gasteiger partial charge in [-0.25, -0.2) is 0 Å². The highest BCUT2D eigenvalue weighted by Gasteiger charge is 2.37. The van der Waals surface area contributed by atoms with E-state index in [1.807, 2.05) is 6.92 Å². The van der Waals surface area contributed by atoms with Crippen LogP contribution < -0.4 is 10.6 Å². The number of benzene rings is 2.